The Morgan fingerprint density at radius 3 is 2.89 bits per heavy atom. The van der Waals surface area contributed by atoms with Gasteiger partial charge in [0.05, 0.1) is 5.69 Å². The van der Waals surface area contributed by atoms with E-state index in [1.54, 1.807) is 17.4 Å². The molecule has 1 aromatic heterocycles. The first-order valence-electron chi connectivity index (χ1n) is 5.92. The molecule has 0 aliphatic carbocycles. The first-order chi connectivity index (χ1) is 9.15. The number of amides is 1. The quantitative estimate of drug-likeness (QED) is 0.753. The minimum absolute atomic E-state index is 0.0268. The Morgan fingerprint density at radius 1 is 1.37 bits per heavy atom. The fourth-order valence-corrected chi connectivity index (χ4v) is 3.04. The molecule has 100 valence electrons. The van der Waals surface area contributed by atoms with Gasteiger partial charge in [0, 0.05) is 14.9 Å². The van der Waals surface area contributed by atoms with Crippen LogP contribution in [-0.4, -0.2) is 5.91 Å². The number of halogens is 2. The maximum absolute atomic E-state index is 12.9. The van der Waals surface area contributed by atoms with E-state index in [4.69, 9.17) is 0 Å². The van der Waals surface area contributed by atoms with Gasteiger partial charge in [0.15, 0.2) is 0 Å². The van der Waals surface area contributed by atoms with E-state index in [2.05, 4.69) is 11.4 Å². The van der Waals surface area contributed by atoms with Gasteiger partial charge in [-0.05, 0) is 65.1 Å². The van der Waals surface area contributed by atoms with Crippen LogP contribution < -0.4 is 5.32 Å². The predicted octanol–water partition coefficient (Wildman–Crippen LogP) is 4.45. The maximum Gasteiger partial charge on any atom is 0.224 e. The number of nitrogens with one attached hydrogen (secondary N) is 1. The summed E-state index contributed by atoms with van der Waals surface area (Å²) >= 11 is 3.72. The zero-order valence-corrected chi connectivity index (χ0v) is 13.1. The number of hydrogen-bond donors (Lipinski definition) is 1. The lowest BCUT2D eigenvalue weighted by Gasteiger charge is -2.07. The lowest BCUT2D eigenvalue weighted by Crippen LogP contribution is -2.12. The van der Waals surface area contributed by atoms with Crippen LogP contribution in [0, 0.1) is 9.39 Å². The van der Waals surface area contributed by atoms with Gasteiger partial charge in [0.1, 0.15) is 5.82 Å². The number of rotatable bonds is 5. The monoisotopic (exact) mass is 389 g/mol. The number of benzene rings is 1. The topological polar surface area (TPSA) is 29.1 Å². The molecule has 19 heavy (non-hydrogen) atoms. The van der Waals surface area contributed by atoms with E-state index in [1.807, 2.05) is 34.0 Å². The molecule has 0 saturated heterocycles. The van der Waals surface area contributed by atoms with Crippen molar-refractivity contribution in [1.82, 2.24) is 0 Å². The Labute approximate surface area is 129 Å². The number of carbonyl (C=O) groups excluding carboxylic acids is 1. The van der Waals surface area contributed by atoms with Gasteiger partial charge in [0.25, 0.3) is 0 Å². The zero-order chi connectivity index (χ0) is 13.7. The molecular weight excluding hydrogens is 376 g/mol. The summed E-state index contributed by atoms with van der Waals surface area (Å²) in [7, 11) is 0. The molecule has 1 aromatic carbocycles. The molecule has 5 heteroatoms. The number of thiophene rings is 1. The molecule has 0 aliphatic rings. The molecule has 2 rings (SSSR count). The van der Waals surface area contributed by atoms with Gasteiger partial charge in [-0.2, -0.15) is 0 Å². The SMILES string of the molecule is O=C(CCCc1cccs1)Nc1ccc(F)cc1I. The van der Waals surface area contributed by atoms with Crippen LogP contribution >= 0.6 is 33.9 Å². The molecule has 0 bridgehead atoms. The summed E-state index contributed by atoms with van der Waals surface area (Å²) in [6.45, 7) is 0. The standard InChI is InChI=1S/C14H13FINOS/c15-10-6-7-13(12(16)9-10)17-14(18)5-1-3-11-4-2-8-19-11/h2,4,6-9H,1,3,5H2,(H,17,18). The molecule has 0 unspecified atom stereocenters. The molecule has 1 heterocycles. The second-order valence-corrected chi connectivity index (χ2v) is 6.30. The first kappa shape index (κ1) is 14.5. The predicted molar refractivity (Wildman–Crippen MR) is 85.0 cm³/mol. The lowest BCUT2D eigenvalue weighted by molar-refractivity contribution is -0.116. The summed E-state index contributed by atoms with van der Waals surface area (Å²) < 4.78 is 13.6. The highest BCUT2D eigenvalue weighted by Crippen LogP contribution is 2.19. The van der Waals surface area contributed by atoms with Crippen LogP contribution in [0.2, 0.25) is 0 Å². The molecule has 0 atom stereocenters. The third kappa shape index (κ3) is 4.58. The van der Waals surface area contributed by atoms with Crippen molar-refractivity contribution >= 4 is 45.5 Å². The minimum atomic E-state index is -0.292. The van der Waals surface area contributed by atoms with Gasteiger partial charge in [-0.15, -0.1) is 11.3 Å². The van der Waals surface area contributed by atoms with E-state index in [0.717, 1.165) is 12.8 Å². The highest BCUT2D eigenvalue weighted by atomic mass is 127. The van der Waals surface area contributed by atoms with Crippen LogP contribution in [0.25, 0.3) is 0 Å². The molecule has 0 fully saturated rings. The van der Waals surface area contributed by atoms with Crippen molar-refractivity contribution in [2.45, 2.75) is 19.3 Å². The Bertz CT molecular complexity index is 557. The van der Waals surface area contributed by atoms with Crippen molar-refractivity contribution in [3.8, 4) is 0 Å². The molecule has 0 radical (unpaired) electrons. The summed E-state index contributed by atoms with van der Waals surface area (Å²) in [4.78, 5) is 13.1. The van der Waals surface area contributed by atoms with Crippen LogP contribution in [0.1, 0.15) is 17.7 Å². The fourth-order valence-electron chi connectivity index (χ4n) is 1.68. The van der Waals surface area contributed by atoms with E-state index in [0.29, 0.717) is 15.7 Å². The van der Waals surface area contributed by atoms with E-state index in [1.165, 1.54) is 17.0 Å². The average Bonchev–Trinajstić information content (AvgIpc) is 2.86. The maximum atomic E-state index is 12.9. The second kappa shape index (κ2) is 7.00. The number of hydrogen-bond acceptors (Lipinski definition) is 2. The smallest absolute Gasteiger partial charge is 0.224 e. The van der Waals surface area contributed by atoms with Crippen molar-refractivity contribution in [3.63, 3.8) is 0 Å². The van der Waals surface area contributed by atoms with Crippen molar-refractivity contribution < 1.29 is 9.18 Å². The van der Waals surface area contributed by atoms with Crippen LogP contribution in [-0.2, 0) is 11.2 Å². The van der Waals surface area contributed by atoms with Gasteiger partial charge in [-0.1, -0.05) is 6.07 Å². The van der Waals surface area contributed by atoms with E-state index >= 15 is 0 Å². The molecule has 2 nitrogen and oxygen atoms in total. The third-order valence-electron chi connectivity index (χ3n) is 2.61. The Kier molecular flexibility index (Phi) is 5.33. The van der Waals surface area contributed by atoms with E-state index in [-0.39, 0.29) is 11.7 Å². The minimum Gasteiger partial charge on any atom is -0.325 e. The summed E-state index contributed by atoms with van der Waals surface area (Å²) in [6.07, 6.45) is 2.22. The molecule has 1 N–H and O–H groups in total. The Morgan fingerprint density at radius 2 is 2.21 bits per heavy atom. The number of carbonyl (C=O) groups is 1. The average molecular weight is 389 g/mol. The van der Waals surface area contributed by atoms with Crippen LogP contribution in [0.5, 0.6) is 0 Å². The molecule has 2 aromatic rings. The summed E-state index contributed by atoms with van der Waals surface area (Å²) in [6, 6.07) is 8.44. The second-order valence-electron chi connectivity index (χ2n) is 4.11. The van der Waals surface area contributed by atoms with E-state index in [9.17, 15) is 9.18 Å². The summed E-state index contributed by atoms with van der Waals surface area (Å²) in [5.74, 6) is -0.318. The Balaban J connectivity index is 1.80. The molecular formula is C14H13FINOS. The van der Waals surface area contributed by atoms with Gasteiger partial charge >= 0.3 is 0 Å². The first-order valence-corrected chi connectivity index (χ1v) is 7.88. The molecule has 0 spiro atoms. The number of aryl methyl sites for hydroxylation is 1. The van der Waals surface area contributed by atoms with Crippen molar-refractivity contribution in [2.75, 3.05) is 5.32 Å². The van der Waals surface area contributed by atoms with Crippen molar-refractivity contribution in [2.24, 2.45) is 0 Å². The summed E-state index contributed by atoms with van der Waals surface area (Å²) in [5, 5.41) is 4.85. The number of anilines is 1. The largest absolute Gasteiger partial charge is 0.325 e. The molecule has 1 amide bonds. The van der Waals surface area contributed by atoms with Crippen molar-refractivity contribution in [3.05, 3.63) is 50.0 Å². The van der Waals surface area contributed by atoms with Crippen LogP contribution in [0.15, 0.2) is 35.7 Å². The van der Waals surface area contributed by atoms with Gasteiger partial charge in [0.2, 0.25) is 5.91 Å². The van der Waals surface area contributed by atoms with Gasteiger partial charge < -0.3 is 5.32 Å². The highest BCUT2D eigenvalue weighted by Gasteiger charge is 2.06. The van der Waals surface area contributed by atoms with Crippen molar-refractivity contribution in [1.29, 1.82) is 0 Å². The van der Waals surface area contributed by atoms with Crippen LogP contribution in [0.4, 0.5) is 10.1 Å². The van der Waals surface area contributed by atoms with Crippen LogP contribution in [0.3, 0.4) is 0 Å². The van der Waals surface area contributed by atoms with Gasteiger partial charge in [-0.25, -0.2) is 4.39 Å². The molecule has 0 saturated carbocycles. The van der Waals surface area contributed by atoms with Gasteiger partial charge in [-0.3, -0.25) is 4.79 Å². The lowest BCUT2D eigenvalue weighted by atomic mass is 10.2. The molecule has 0 aliphatic heterocycles. The Hall–Kier alpha value is -0.950. The fraction of sp³-hybridized carbons (Fsp3) is 0.214. The highest BCUT2D eigenvalue weighted by molar-refractivity contribution is 14.1. The normalized spacial score (nSPS) is 10.4. The third-order valence-corrected chi connectivity index (χ3v) is 4.44. The summed E-state index contributed by atoms with van der Waals surface area (Å²) in [5.41, 5.74) is 0.670. The zero-order valence-electron chi connectivity index (χ0n) is 10.2. The van der Waals surface area contributed by atoms with E-state index < -0.39 is 0 Å².